The van der Waals surface area contributed by atoms with E-state index in [0.29, 0.717) is 16.8 Å². The van der Waals surface area contributed by atoms with Gasteiger partial charge in [-0.15, -0.1) is 0 Å². The Morgan fingerprint density at radius 2 is 2.35 bits per heavy atom. The maximum Gasteiger partial charge on any atom is 0.254 e. The Kier molecular flexibility index (Phi) is 4.69. The summed E-state index contributed by atoms with van der Waals surface area (Å²) >= 11 is 6.78. The first kappa shape index (κ1) is 14.9. The average Bonchev–Trinajstić information content (AvgIpc) is 2.85. The summed E-state index contributed by atoms with van der Waals surface area (Å²) < 4.78 is 17.4. The molecule has 2 aromatic rings. The topological polar surface area (TPSA) is 62.2 Å². The smallest absolute Gasteiger partial charge is 0.254 e. The molecule has 0 bridgehead atoms. The quantitative estimate of drug-likeness (QED) is 0.912. The summed E-state index contributed by atoms with van der Waals surface area (Å²) in [6.07, 6.45) is 0. The molecule has 4 nitrogen and oxygen atoms in total. The predicted octanol–water partition coefficient (Wildman–Crippen LogP) is 2.71. The minimum absolute atomic E-state index is 0.00496. The first-order valence-electron chi connectivity index (χ1n) is 5.80. The van der Waals surface area contributed by atoms with E-state index in [2.05, 4.69) is 9.69 Å². The molecule has 2 N–H and O–H groups in total. The number of amides is 1. The summed E-state index contributed by atoms with van der Waals surface area (Å²) in [6.45, 7) is 1.38. The number of aryl methyl sites for hydroxylation is 1. The number of rotatable bonds is 4. The van der Waals surface area contributed by atoms with Gasteiger partial charge >= 0.3 is 0 Å². The Morgan fingerprint density at radius 1 is 1.60 bits per heavy atom. The van der Waals surface area contributed by atoms with Gasteiger partial charge in [0.1, 0.15) is 5.82 Å². The number of benzene rings is 1. The standard InChI is InChI=1S/C13H12ClFN2O2S/c1-7-9(6-20-17-7)13(19)16-12(5-18)8-2-3-10(14)11(15)4-8/h2-4,6,12,18H,5H2,1H3,(H,16,19). The predicted molar refractivity (Wildman–Crippen MR) is 75.6 cm³/mol. The van der Waals surface area contributed by atoms with Crippen LogP contribution in [0.2, 0.25) is 5.02 Å². The molecule has 106 valence electrons. The molecule has 1 aromatic carbocycles. The second-order valence-electron chi connectivity index (χ2n) is 4.20. The lowest BCUT2D eigenvalue weighted by Gasteiger charge is -2.17. The van der Waals surface area contributed by atoms with Gasteiger partial charge in [-0.2, -0.15) is 4.37 Å². The van der Waals surface area contributed by atoms with Crippen molar-refractivity contribution in [3.05, 3.63) is 51.2 Å². The van der Waals surface area contributed by atoms with E-state index in [1.165, 1.54) is 23.7 Å². The van der Waals surface area contributed by atoms with Crippen LogP contribution in [0.1, 0.15) is 27.7 Å². The first-order valence-corrected chi connectivity index (χ1v) is 7.02. The van der Waals surface area contributed by atoms with Gasteiger partial charge in [-0.1, -0.05) is 17.7 Å². The van der Waals surface area contributed by atoms with Crippen LogP contribution in [0.25, 0.3) is 0 Å². The van der Waals surface area contributed by atoms with Crippen LogP contribution in [-0.2, 0) is 0 Å². The summed E-state index contributed by atoms with van der Waals surface area (Å²) in [7, 11) is 0. The van der Waals surface area contributed by atoms with Crippen LogP contribution in [-0.4, -0.2) is 22.0 Å². The van der Waals surface area contributed by atoms with Crippen molar-refractivity contribution in [3.63, 3.8) is 0 Å². The maximum atomic E-state index is 13.4. The maximum absolute atomic E-state index is 13.4. The van der Waals surface area contributed by atoms with Crippen molar-refractivity contribution in [2.75, 3.05) is 6.61 Å². The number of aliphatic hydroxyl groups excluding tert-OH is 1. The fourth-order valence-corrected chi connectivity index (χ4v) is 2.52. The van der Waals surface area contributed by atoms with Gasteiger partial charge in [-0.05, 0) is 36.2 Å². The second kappa shape index (κ2) is 6.30. The first-order chi connectivity index (χ1) is 9.52. The monoisotopic (exact) mass is 314 g/mol. The lowest BCUT2D eigenvalue weighted by molar-refractivity contribution is 0.0915. The van der Waals surface area contributed by atoms with Crippen LogP contribution in [0, 0.1) is 12.7 Å². The highest BCUT2D eigenvalue weighted by atomic mass is 35.5. The van der Waals surface area contributed by atoms with Crippen molar-refractivity contribution in [1.82, 2.24) is 9.69 Å². The summed E-state index contributed by atoms with van der Waals surface area (Å²) in [5.74, 6) is -0.948. The zero-order valence-electron chi connectivity index (χ0n) is 10.6. The van der Waals surface area contributed by atoms with E-state index in [0.717, 1.165) is 0 Å². The molecule has 1 atom stereocenters. The number of nitrogens with one attached hydrogen (secondary N) is 1. The van der Waals surface area contributed by atoms with Crippen LogP contribution in [0.4, 0.5) is 4.39 Å². The number of hydrogen-bond acceptors (Lipinski definition) is 4. The Balaban J connectivity index is 2.19. The molecular formula is C13H12ClFN2O2S. The third kappa shape index (κ3) is 3.15. The summed E-state index contributed by atoms with van der Waals surface area (Å²) in [5, 5.41) is 13.6. The molecule has 1 amide bonds. The molecule has 1 unspecified atom stereocenters. The van der Waals surface area contributed by atoms with E-state index in [1.54, 1.807) is 18.4 Å². The number of carbonyl (C=O) groups is 1. The molecule has 0 aliphatic heterocycles. The lowest BCUT2D eigenvalue weighted by Crippen LogP contribution is -2.31. The van der Waals surface area contributed by atoms with Crippen molar-refractivity contribution in [3.8, 4) is 0 Å². The highest BCUT2D eigenvalue weighted by Crippen LogP contribution is 2.21. The summed E-state index contributed by atoms with van der Waals surface area (Å²) in [5.41, 5.74) is 1.51. The molecule has 1 aromatic heterocycles. The Morgan fingerprint density at radius 3 is 2.90 bits per heavy atom. The average molecular weight is 315 g/mol. The molecule has 0 aliphatic rings. The van der Waals surface area contributed by atoms with E-state index in [-0.39, 0.29) is 17.5 Å². The molecule has 0 radical (unpaired) electrons. The molecule has 0 saturated carbocycles. The van der Waals surface area contributed by atoms with Crippen molar-refractivity contribution < 1.29 is 14.3 Å². The number of hydrogen-bond donors (Lipinski definition) is 2. The molecular weight excluding hydrogens is 303 g/mol. The van der Waals surface area contributed by atoms with Gasteiger partial charge in [0.2, 0.25) is 0 Å². The van der Waals surface area contributed by atoms with Crippen LogP contribution in [0.5, 0.6) is 0 Å². The van der Waals surface area contributed by atoms with Crippen molar-refractivity contribution in [1.29, 1.82) is 0 Å². The lowest BCUT2D eigenvalue weighted by atomic mass is 10.1. The number of nitrogens with zero attached hydrogens (tertiary/aromatic N) is 1. The van der Waals surface area contributed by atoms with Gasteiger partial charge in [-0.3, -0.25) is 4.79 Å². The zero-order valence-corrected chi connectivity index (χ0v) is 12.1. The largest absolute Gasteiger partial charge is 0.394 e. The Bertz CT molecular complexity index is 633. The third-order valence-electron chi connectivity index (χ3n) is 2.83. The SMILES string of the molecule is Cc1nscc1C(=O)NC(CO)c1ccc(Cl)c(F)c1. The minimum Gasteiger partial charge on any atom is -0.394 e. The summed E-state index contributed by atoms with van der Waals surface area (Å²) in [4.78, 5) is 12.0. The molecule has 0 fully saturated rings. The van der Waals surface area contributed by atoms with E-state index >= 15 is 0 Å². The van der Waals surface area contributed by atoms with Gasteiger partial charge < -0.3 is 10.4 Å². The van der Waals surface area contributed by atoms with E-state index < -0.39 is 11.9 Å². The van der Waals surface area contributed by atoms with Gasteiger partial charge in [0, 0.05) is 5.38 Å². The summed E-state index contributed by atoms with van der Waals surface area (Å²) in [6, 6.07) is 3.44. The van der Waals surface area contributed by atoms with Crippen molar-refractivity contribution >= 4 is 29.0 Å². The molecule has 2 rings (SSSR count). The molecule has 20 heavy (non-hydrogen) atoms. The molecule has 0 saturated heterocycles. The third-order valence-corrected chi connectivity index (χ3v) is 3.86. The van der Waals surface area contributed by atoms with Gasteiger partial charge in [0.05, 0.1) is 28.9 Å². The Hall–Kier alpha value is -1.50. The van der Waals surface area contributed by atoms with Gasteiger partial charge in [0.15, 0.2) is 0 Å². The van der Waals surface area contributed by atoms with E-state index in [4.69, 9.17) is 11.6 Å². The van der Waals surface area contributed by atoms with Crippen molar-refractivity contribution in [2.45, 2.75) is 13.0 Å². The number of halogens is 2. The Labute approximate surface area is 124 Å². The van der Waals surface area contributed by atoms with E-state index in [1.807, 2.05) is 0 Å². The fraction of sp³-hybridized carbons (Fsp3) is 0.231. The number of aliphatic hydroxyl groups is 1. The van der Waals surface area contributed by atoms with Crippen LogP contribution in [0.15, 0.2) is 23.6 Å². The normalized spacial score (nSPS) is 12.2. The number of aromatic nitrogens is 1. The van der Waals surface area contributed by atoms with Crippen molar-refractivity contribution in [2.24, 2.45) is 0 Å². The van der Waals surface area contributed by atoms with Gasteiger partial charge in [-0.25, -0.2) is 4.39 Å². The number of carbonyl (C=O) groups excluding carboxylic acids is 1. The zero-order chi connectivity index (χ0) is 14.7. The molecule has 7 heteroatoms. The van der Waals surface area contributed by atoms with Crippen LogP contribution >= 0.6 is 23.1 Å². The highest BCUT2D eigenvalue weighted by Gasteiger charge is 2.18. The molecule has 1 heterocycles. The molecule has 0 aliphatic carbocycles. The van der Waals surface area contributed by atoms with Crippen LogP contribution < -0.4 is 5.32 Å². The second-order valence-corrected chi connectivity index (χ2v) is 5.23. The fourth-order valence-electron chi connectivity index (χ4n) is 1.71. The highest BCUT2D eigenvalue weighted by molar-refractivity contribution is 7.03. The van der Waals surface area contributed by atoms with E-state index in [9.17, 15) is 14.3 Å². The van der Waals surface area contributed by atoms with Gasteiger partial charge in [0.25, 0.3) is 5.91 Å². The van der Waals surface area contributed by atoms with Crippen LogP contribution in [0.3, 0.4) is 0 Å². The molecule has 0 spiro atoms. The minimum atomic E-state index is -0.700.